The largest absolute Gasteiger partial charge is 0.395 e. The van der Waals surface area contributed by atoms with Crippen LogP contribution < -0.4 is 21.7 Å². The molecule has 0 aliphatic heterocycles. The van der Waals surface area contributed by atoms with Gasteiger partial charge in [-0.3, -0.25) is 0 Å². The number of nitrogens with one attached hydrogen (secondary N) is 3. The average Bonchev–Trinajstić information content (AvgIpc) is 2.69. The van der Waals surface area contributed by atoms with Gasteiger partial charge in [0, 0.05) is 19.1 Å². The fourth-order valence-corrected chi connectivity index (χ4v) is 2.87. The Kier molecular flexibility index (Phi) is 6.57. The maximum absolute atomic E-state index is 9.05. The second kappa shape index (κ2) is 9.29. The third-order valence-corrected chi connectivity index (χ3v) is 4.16. The van der Waals surface area contributed by atoms with E-state index in [9.17, 15) is 0 Å². The first-order valence-corrected chi connectivity index (χ1v) is 9.41. The molecule has 0 fully saturated rings. The molecule has 0 spiro atoms. The topological polar surface area (TPSA) is 121 Å². The molecule has 0 aliphatic rings. The lowest BCUT2D eigenvalue weighted by Crippen LogP contribution is -2.23. The van der Waals surface area contributed by atoms with Crippen molar-refractivity contribution < 1.29 is 5.11 Å². The van der Waals surface area contributed by atoms with E-state index in [1.165, 1.54) is 5.39 Å². The second-order valence-electron chi connectivity index (χ2n) is 6.79. The number of nitrogens with two attached hydrogens (primary N) is 1. The summed E-state index contributed by atoms with van der Waals surface area (Å²) < 4.78 is 0. The third-order valence-electron chi connectivity index (χ3n) is 4.16. The fraction of sp³-hybridized carbons (Fsp3) is 0.350. The first-order valence-electron chi connectivity index (χ1n) is 9.41. The molecule has 0 radical (unpaired) electrons. The smallest absolute Gasteiger partial charge is 0.229 e. The quantitative estimate of drug-likeness (QED) is 0.383. The van der Waals surface area contributed by atoms with Crippen LogP contribution in [0.5, 0.6) is 0 Å². The summed E-state index contributed by atoms with van der Waals surface area (Å²) in [5, 5.41) is 20.9. The third kappa shape index (κ3) is 5.05. The molecule has 0 amide bonds. The van der Waals surface area contributed by atoms with E-state index < -0.39 is 0 Å². The minimum Gasteiger partial charge on any atom is -0.395 e. The van der Waals surface area contributed by atoms with Crippen LogP contribution in [0, 0.1) is 0 Å². The van der Waals surface area contributed by atoms with E-state index in [1.54, 1.807) is 0 Å². The molecule has 1 unspecified atom stereocenters. The van der Waals surface area contributed by atoms with E-state index >= 15 is 0 Å². The minimum absolute atomic E-state index is 0.0100. The first kappa shape index (κ1) is 19.8. The molecule has 1 aromatic heterocycles. The highest BCUT2D eigenvalue weighted by Crippen LogP contribution is 2.23. The van der Waals surface area contributed by atoms with E-state index in [2.05, 4.69) is 61.2 Å². The lowest BCUT2D eigenvalue weighted by molar-refractivity contribution is 0.311. The van der Waals surface area contributed by atoms with Crippen LogP contribution in [0.25, 0.3) is 10.8 Å². The molecule has 3 rings (SSSR count). The van der Waals surface area contributed by atoms with Crippen molar-refractivity contribution in [2.75, 3.05) is 35.6 Å². The van der Waals surface area contributed by atoms with Gasteiger partial charge in [-0.25, -0.2) is 0 Å². The predicted molar refractivity (Wildman–Crippen MR) is 114 cm³/mol. The number of nitrogens with zero attached hydrogens (tertiary/aromatic N) is 3. The van der Waals surface area contributed by atoms with Crippen molar-refractivity contribution in [3.63, 3.8) is 0 Å². The van der Waals surface area contributed by atoms with Crippen LogP contribution in [0.4, 0.5) is 17.8 Å². The standard InChI is InChI=1S/C20H27N7O/c1-13(2)23-19-25-18(22-9-10-28)26-20(27-19)24-17(12-21)16-8-7-14-5-3-4-6-15(14)11-16/h3-8,11,13,17,28H,9-10,12,21H2,1-2H3,(H3,22,23,24,25,26,27). The number of aliphatic hydroxyl groups excluding tert-OH is 1. The van der Waals surface area contributed by atoms with Crippen molar-refractivity contribution >= 4 is 28.6 Å². The van der Waals surface area contributed by atoms with Crippen molar-refractivity contribution in [1.82, 2.24) is 15.0 Å². The van der Waals surface area contributed by atoms with E-state index in [-0.39, 0.29) is 18.7 Å². The van der Waals surface area contributed by atoms with Crippen molar-refractivity contribution in [3.8, 4) is 0 Å². The molecule has 28 heavy (non-hydrogen) atoms. The highest BCUT2D eigenvalue weighted by atomic mass is 16.3. The van der Waals surface area contributed by atoms with Crippen LogP contribution in [0.2, 0.25) is 0 Å². The SMILES string of the molecule is CC(C)Nc1nc(NCCO)nc(NC(CN)c2ccc3ccccc3c2)n1. The minimum atomic E-state index is -0.149. The molecule has 6 N–H and O–H groups in total. The zero-order valence-corrected chi connectivity index (χ0v) is 16.2. The Bertz CT molecular complexity index is 916. The Labute approximate surface area is 164 Å². The normalized spacial score (nSPS) is 12.2. The number of aromatic nitrogens is 3. The maximum atomic E-state index is 9.05. The van der Waals surface area contributed by atoms with Gasteiger partial charge in [0.25, 0.3) is 0 Å². The van der Waals surface area contributed by atoms with E-state index in [0.717, 1.165) is 10.9 Å². The Balaban J connectivity index is 1.87. The van der Waals surface area contributed by atoms with Crippen LogP contribution in [0.15, 0.2) is 42.5 Å². The molecule has 0 saturated carbocycles. The van der Waals surface area contributed by atoms with Gasteiger partial charge < -0.3 is 26.8 Å². The Morgan fingerprint density at radius 1 is 0.929 bits per heavy atom. The summed E-state index contributed by atoms with van der Waals surface area (Å²) in [5.41, 5.74) is 7.10. The number of fused-ring (bicyclic) bond motifs is 1. The van der Waals surface area contributed by atoms with Crippen LogP contribution >= 0.6 is 0 Å². The van der Waals surface area contributed by atoms with Gasteiger partial charge in [-0.2, -0.15) is 15.0 Å². The summed E-state index contributed by atoms with van der Waals surface area (Å²) in [7, 11) is 0. The summed E-state index contributed by atoms with van der Waals surface area (Å²) in [4.78, 5) is 13.2. The molecule has 1 heterocycles. The van der Waals surface area contributed by atoms with Crippen molar-refractivity contribution in [2.24, 2.45) is 5.73 Å². The summed E-state index contributed by atoms with van der Waals surface area (Å²) in [5.74, 6) is 1.27. The molecule has 148 valence electrons. The van der Waals surface area contributed by atoms with E-state index in [0.29, 0.717) is 30.9 Å². The second-order valence-corrected chi connectivity index (χ2v) is 6.79. The molecule has 1 atom stereocenters. The number of hydrogen-bond acceptors (Lipinski definition) is 8. The number of rotatable bonds is 9. The number of benzene rings is 2. The molecular formula is C20H27N7O. The molecule has 8 nitrogen and oxygen atoms in total. The van der Waals surface area contributed by atoms with Crippen molar-refractivity contribution in [2.45, 2.75) is 25.9 Å². The summed E-state index contributed by atoms with van der Waals surface area (Å²) in [6.45, 7) is 4.75. The van der Waals surface area contributed by atoms with Crippen LogP contribution in [-0.4, -0.2) is 45.8 Å². The molecule has 2 aromatic carbocycles. The summed E-state index contributed by atoms with van der Waals surface area (Å²) in [6, 6.07) is 14.5. The maximum Gasteiger partial charge on any atom is 0.229 e. The summed E-state index contributed by atoms with van der Waals surface area (Å²) >= 11 is 0. The van der Waals surface area contributed by atoms with Gasteiger partial charge >= 0.3 is 0 Å². The monoisotopic (exact) mass is 381 g/mol. The van der Waals surface area contributed by atoms with E-state index in [1.807, 2.05) is 26.0 Å². The lowest BCUT2D eigenvalue weighted by atomic mass is 10.0. The molecular weight excluding hydrogens is 354 g/mol. The number of hydrogen-bond donors (Lipinski definition) is 5. The van der Waals surface area contributed by atoms with Crippen molar-refractivity contribution in [3.05, 3.63) is 48.0 Å². The number of aliphatic hydroxyl groups is 1. The molecule has 0 aliphatic carbocycles. The van der Waals surface area contributed by atoms with Gasteiger partial charge in [0.15, 0.2) is 0 Å². The van der Waals surface area contributed by atoms with Crippen LogP contribution in [-0.2, 0) is 0 Å². The van der Waals surface area contributed by atoms with Gasteiger partial charge in [-0.05, 0) is 36.2 Å². The average molecular weight is 381 g/mol. The van der Waals surface area contributed by atoms with Gasteiger partial charge in [0.1, 0.15) is 0 Å². The Morgan fingerprint density at radius 3 is 2.29 bits per heavy atom. The van der Waals surface area contributed by atoms with Gasteiger partial charge in [-0.15, -0.1) is 0 Å². The van der Waals surface area contributed by atoms with Crippen molar-refractivity contribution in [1.29, 1.82) is 0 Å². The highest BCUT2D eigenvalue weighted by Gasteiger charge is 2.14. The fourth-order valence-electron chi connectivity index (χ4n) is 2.87. The van der Waals surface area contributed by atoms with Gasteiger partial charge in [0.2, 0.25) is 17.8 Å². The van der Waals surface area contributed by atoms with Crippen LogP contribution in [0.1, 0.15) is 25.5 Å². The zero-order chi connectivity index (χ0) is 19.9. The van der Waals surface area contributed by atoms with Gasteiger partial charge in [0.05, 0.1) is 12.6 Å². The number of anilines is 3. The molecule has 8 heteroatoms. The molecule has 3 aromatic rings. The van der Waals surface area contributed by atoms with E-state index in [4.69, 9.17) is 10.8 Å². The van der Waals surface area contributed by atoms with Gasteiger partial charge in [-0.1, -0.05) is 36.4 Å². The van der Waals surface area contributed by atoms with Crippen LogP contribution in [0.3, 0.4) is 0 Å². The molecule has 0 saturated heterocycles. The predicted octanol–water partition coefficient (Wildman–Crippen LogP) is 2.36. The lowest BCUT2D eigenvalue weighted by Gasteiger charge is -2.19. The Hall–Kier alpha value is -2.97. The Morgan fingerprint density at radius 2 is 1.61 bits per heavy atom. The zero-order valence-electron chi connectivity index (χ0n) is 16.2. The summed E-state index contributed by atoms with van der Waals surface area (Å²) in [6.07, 6.45) is 0. The highest BCUT2D eigenvalue weighted by molar-refractivity contribution is 5.83. The molecule has 0 bridgehead atoms. The first-order chi connectivity index (χ1) is 13.6.